The molecule has 2 rings (SSSR count). The average molecular weight is 361 g/mol. The van der Waals surface area contributed by atoms with Crippen LogP contribution in [-0.4, -0.2) is 50.3 Å². The molecule has 1 fully saturated rings. The summed E-state index contributed by atoms with van der Waals surface area (Å²) in [6, 6.07) is 8.87. The van der Waals surface area contributed by atoms with E-state index in [-0.39, 0.29) is 0 Å². The Morgan fingerprint density at radius 3 is 2.58 bits per heavy atom. The molecular formula is C21H36N4O. The van der Waals surface area contributed by atoms with Gasteiger partial charge in [0.2, 0.25) is 0 Å². The number of rotatable bonds is 9. The molecule has 0 bridgehead atoms. The van der Waals surface area contributed by atoms with Crippen LogP contribution in [-0.2, 0) is 17.8 Å². The van der Waals surface area contributed by atoms with Crippen molar-refractivity contribution in [2.75, 3.05) is 39.4 Å². The van der Waals surface area contributed by atoms with E-state index in [0.29, 0.717) is 13.2 Å². The number of guanidine groups is 1. The van der Waals surface area contributed by atoms with E-state index in [9.17, 15) is 0 Å². The Morgan fingerprint density at radius 1 is 1.08 bits per heavy atom. The number of benzene rings is 1. The van der Waals surface area contributed by atoms with Crippen molar-refractivity contribution in [1.82, 2.24) is 15.5 Å². The van der Waals surface area contributed by atoms with Gasteiger partial charge in [0.15, 0.2) is 5.96 Å². The Balaban J connectivity index is 1.88. The van der Waals surface area contributed by atoms with Gasteiger partial charge in [0.25, 0.3) is 0 Å². The van der Waals surface area contributed by atoms with Crippen molar-refractivity contribution < 1.29 is 4.74 Å². The van der Waals surface area contributed by atoms with Crippen molar-refractivity contribution in [3.63, 3.8) is 0 Å². The first-order valence-corrected chi connectivity index (χ1v) is 10.2. The second-order valence-corrected chi connectivity index (χ2v) is 6.83. The van der Waals surface area contributed by atoms with Crippen molar-refractivity contribution in [3.05, 3.63) is 35.4 Å². The van der Waals surface area contributed by atoms with Crippen LogP contribution in [0.4, 0.5) is 0 Å². The third-order valence-electron chi connectivity index (χ3n) is 4.60. The minimum atomic E-state index is 0.692. The average Bonchev–Trinajstić information content (AvgIpc) is 2.92. The highest BCUT2D eigenvalue weighted by Gasteiger charge is 2.09. The summed E-state index contributed by atoms with van der Waals surface area (Å²) < 4.78 is 5.37. The van der Waals surface area contributed by atoms with Gasteiger partial charge in [0.05, 0.1) is 13.2 Å². The summed E-state index contributed by atoms with van der Waals surface area (Å²) in [5.74, 6) is 0.852. The maximum absolute atomic E-state index is 5.37. The summed E-state index contributed by atoms with van der Waals surface area (Å²) in [6.45, 7) is 11.4. The molecule has 0 spiro atoms. The summed E-state index contributed by atoms with van der Waals surface area (Å²) in [7, 11) is 0. The van der Waals surface area contributed by atoms with Crippen LogP contribution in [0.1, 0.15) is 50.7 Å². The second kappa shape index (κ2) is 12.7. The summed E-state index contributed by atoms with van der Waals surface area (Å²) in [5.41, 5.74) is 2.66. The lowest BCUT2D eigenvalue weighted by Crippen LogP contribution is -2.39. The molecular weight excluding hydrogens is 324 g/mol. The Morgan fingerprint density at radius 2 is 1.85 bits per heavy atom. The molecule has 0 radical (unpaired) electrons. The molecule has 1 aliphatic rings. The van der Waals surface area contributed by atoms with Crippen molar-refractivity contribution in [1.29, 1.82) is 0 Å². The fourth-order valence-electron chi connectivity index (χ4n) is 3.28. The fourth-order valence-corrected chi connectivity index (χ4v) is 3.28. The first-order valence-electron chi connectivity index (χ1n) is 10.2. The van der Waals surface area contributed by atoms with Gasteiger partial charge in [-0.25, -0.2) is 4.99 Å². The van der Waals surface area contributed by atoms with Gasteiger partial charge >= 0.3 is 0 Å². The van der Waals surface area contributed by atoms with Crippen LogP contribution < -0.4 is 10.6 Å². The van der Waals surface area contributed by atoms with Gasteiger partial charge in [-0.2, -0.15) is 0 Å². The van der Waals surface area contributed by atoms with Gasteiger partial charge in [-0.05, 0) is 50.9 Å². The summed E-state index contributed by atoms with van der Waals surface area (Å²) >= 11 is 0. The fraction of sp³-hybridized carbons (Fsp3) is 0.667. The number of hydrogen-bond acceptors (Lipinski definition) is 3. The Bertz CT molecular complexity index is 524. The lowest BCUT2D eigenvalue weighted by atomic mass is 10.1. The normalized spacial score (nSPS) is 16.3. The zero-order valence-electron chi connectivity index (χ0n) is 16.6. The molecule has 2 N–H and O–H groups in total. The van der Waals surface area contributed by atoms with Gasteiger partial charge in [-0.15, -0.1) is 0 Å². The first kappa shape index (κ1) is 20.7. The Labute approximate surface area is 159 Å². The smallest absolute Gasteiger partial charge is 0.191 e. The quantitative estimate of drug-likeness (QED) is 0.403. The monoisotopic (exact) mass is 360 g/mol. The maximum atomic E-state index is 5.37. The van der Waals surface area contributed by atoms with E-state index in [1.807, 2.05) is 6.92 Å². The first-order chi connectivity index (χ1) is 12.8. The predicted molar refractivity (Wildman–Crippen MR) is 109 cm³/mol. The van der Waals surface area contributed by atoms with Crippen LogP contribution in [0.15, 0.2) is 29.3 Å². The zero-order chi connectivity index (χ0) is 18.5. The van der Waals surface area contributed by atoms with Crippen molar-refractivity contribution in [2.24, 2.45) is 4.99 Å². The van der Waals surface area contributed by atoms with E-state index in [0.717, 1.165) is 32.2 Å². The molecule has 0 atom stereocenters. The molecule has 5 heteroatoms. The molecule has 26 heavy (non-hydrogen) atoms. The standard InChI is InChI=1S/C21H36N4O/c1-3-22-21(23-12-15-26-4-2)24-17-19-10-9-11-20(16-19)18-25-13-7-5-6-8-14-25/h9-11,16H,3-8,12-15,17-18H2,1-2H3,(H2,22,23,24). The summed E-state index contributed by atoms with van der Waals surface area (Å²) in [4.78, 5) is 7.30. The van der Waals surface area contributed by atoms with Crippen molar-refractivity contribution in [2.45, 2.75) is 52.6 Å². The molecule has 1 aromatic rings. The lowest BCUT2D eigenvalue weighted by molar-refractivity contribution is 0.152. The number of nitrogens with zero attached hydrogens (tertiary/aromatic N) is 2. The molecule has 5 nitrogen and oxygen atoms in total. The minimum Gasteiger partial charge on any atom is -0.380 e. The number of hydrogen-bond donors (Lipinski definition) is 2. The molecule has 0 unspecified atom stereocenters. The number of aliphatic imine (C=N–C) groups is 1. The van der Waals surface area contributed by atoms with Crippen LogP contribution in [0.2, 0.25) is 0 Å². The zero-order valence-corrected chi connectivity index (χ0v) is 16.6. The molecule has 0 saturated carbocycles. The molecule has 1 heterocycles. The molecule has 0 aliphatic carbocycles. The van der Waals surface area contributed by atoms with E-state index >= 15 is 0 Å². The Kier molecular flexibility index (Phi) is 10.1. The van der Waals surface area contributed by atoms with Crippen molar-refractivity contribution in [3.8, 4) is 0 Å². The molecule has 146 valence electrons. The maximum Gasteiger partial charge on any atom is 0.191 e. The van der Waals surface area contributed by atoms with E-state index in [1.165, 1.54) is 49.9 Å². The van der Waals surface area contributed by atoms with Gasteiger partial charge in [-0.3, -0.25) is 4.90 Å². The molecule has 0 aromatic heterocycles. The van der Waals surface area contributed by atoms with Gasteiger partial charge in [0, 0.05) is 26.2 Å². The second-order valence-electron chi connectivity index (χ2n) is 6.83. The van der Waals surface area contributed by atoms with Crippen LogP contribution in [0, 0.1) is 0 Å². The van der Waals surface area contributed by atoms with E-state index in [2.05, 4.69) is 46.7 Å². The van der Waals surface area contributed by atoms with Gasteiger partial charge in [0.1, 0.15) is 0 Å². The highest BCUT2D eigenvalue weighted by atomic mass is 16.5. The van der Waals surface area contributed by atoms with E-state index < -0.39 is 0 Å². The Hall–Kier alpha value is -1.59. The third-order valence-corrected chi connectivity index (χ3v) is 4.60. The SMILES string of the molecule is CCNC(=NCc1cccc(CN2CCCCCC2)c1)NCCOCC. The molecule has 0 amide bonds. The van der Waals surface area contributed by atoms with Crippen LogP contribution in [0.5, 0.6) is 0 Å². The van der Waals surface area contributed by atoms with Gasteiger partial charge in [-0.1, -0.05) is 37.1 Å². The van der Waals surface area contributed by atoms with Crippen LogP contribution >= 0.6 is 0 Å². The minimum absolute atomic E-state index is 0.692. The topological polar surface area (TPSA) is 48.9 Å². The molecule has 1 aliphatic heterocycles. The van der Waals surface area contributed by atoms with E-state index in [4.69, 9.17) is 9.73 Å². The van der Waals surface area contributed by atoms with Crippen molar-refractivity contribution >= 4 is 5.96 Å². The molecule has 1 aromatic carbocycles. The third kappa shape index (κ3) is 8.19. The number of likely N-dealkylation sites (tertiary alicyclic amines) is 1. The summed E-state index contributed by atoms with van der Waals surface area (Å²) in [6.07, 6.45) is 5.44. The number of ether oxygens (including phenoxy) is 1. The summed E-state index contributed by atoms with van der Waals surface area (Å²) in [5, 5.41) is 6.61. The largest absolute Gasteiger partial charge is 0.380 e. The number of nitrogens with one attached hydrogen (secondary N) is 2. The van der Waals surface area contributed by atoms with Crippen LogP contribution in [0.3, 0.4) is 0 Å². The predicted octanol–water partition coefficient (Wildman–Crippen LogP) is 3.15. The molecule has 1 saturated heterocycles. The highest BCUT2D eigenvalue weighted by molar-refractivity contribution is 5.79. The van der Waals surface area contributed by atoms with E-state index in [1.54, 1.807) is 0 Å². The lowest BCUT2D eigenvalue weighted by Gasteiger charge is -2.20. The van der Waals surface area contributed by atoms with Gasteiger partial charge < -0.3 is 15.4 Å². The highest BCUT2D eigenvalue weighted by Crippen LogP contribution is 2.14. The van der Waals surface area contributed by atoms with Crippen LogP contribution in [0.25, 0.3) is 0 Å².